The fourth-order valence-electron chi connectivity index (χ4n) is 3.31. The van der Waals surface area contributed by atoms with E-state index in [9.17, 15) is 18.7 Å². The number of methoxy groups -OCH3 is 1. The fraction of sp³-hybridized carbons (Fsp3) is 0.316. The molecule has 3 atom stereocenters. The number of aromatic nitrogens is 1. The monoisotopic (exact) mass is 429 g/mol. The van der Waals surface area contributed by atoms with E-state index in [0.717, 1.165) is 0 Å². The van der Waals surface area contributed by atoms with Crippen LogP contribution in [0.4, 0.5) is 8.78 Å². The average Bonchev–Trinajstić information content (AvgIpc) is 2.93. The molecule has 0 fully saturated rings. The number of ether oxygens (including phenoxy) is 1. The van der Waals surface area contributed by atoms with Crippen LogP contribution in [-0.4, -0.2) is 22.4 Å². The van der Waals surface area contributed by atoms with Crippen molar-refractivity contribution < 1.29 is 23.0 Å². The molecule has 0 saturated heterocycles. The van der Waals surface area contributed by atoms with Gasteiger partial charge in [-0.1, -0.05) is 39.9 Å². The minimum Gasteiger partial charge on any atom is -0.497 e. The number of hydrogen-bond donors (Lipinski definition) is 1. The summed E-state index contributed by atoms with van der Waals surface area (Å²) < 4.78 is 40.8. The summed E-state index contributed by atoms with van der Waals surface area (Å²) in [5, 5.41) is 11.5. The summed E-state index contributed by atoms with van der Waals surface area (Å²) in [6.45, 7) is 1.46. The normalized spacial score (nSPS) is 15.4. The molecule has 0 bridgehead atoms. The number of aliphatic hydroxyl groups is 1. The predicted octanol–water partition coefficient (Wildman–Crippen LogP) is 4.25. The van der Waals surface area contributed by atoms with E-state index >= 15 is 0 Å². The summed E-state index contributed by atoms with van der Waals surface area (Å²) in [6, 6.07) is 8.65. The van der Waals surface area contributed by atoms with Gasteiger partial charge in [0.05, 0.1) is 12.6 Å². The number of alkyl halides is 2. The van der Waals surface area contributed by atoms with Gasteiger partial charge in [0.1, 0.15) is 5.75 Å². The molecule has 0 aliphatic carbocycles. The van der Waals surface area contributed by atoms with Crippen molar-refractivity contribution in [3.63, 3.8) is 0 Å². The summed E-state index contributed by atoms with van der Waals surface area (Å²) in [6.07, 6.45) is 0. The molecular formula is C19H19ClF2NO4P. The Hall–Kier alpha value is -1.95. The number of halogens is 3. The Morgan fingerprint density at radius 3 is 2.54 bits per heavy atom. The van der Waals surface area contributed by atoms with Crippen molar-refractivity contribution in [1.82, 2.24) is 4.57 Å². The molecule has 5 nitrogen and oxygen atoms in total. The SMILES string of the molecule is COc1ccc([C@@H](C)[C@@](O)(c2ccc3oc(=O)n(C)c3c2)C(F)(F)P)c(Cl)c1. The predicted molar refractivity (Wildman–Crippen MR) is 106 cm³/mol. The summed E-state index contributed by atoms with van der Waals surface area (Å²) >= 11 is 6.27. The second-order valence-corrected chi connectivity index (χ2v) is 7.74. The smallest absolute Gasteiger partial charge is 0.419 e. The minimum absolute atomic E-state index is 0.0733. The zero-order valence-corrected chi connectivity index (χ0v) is 17.3. The van der Waals surface area contributed by atoms with Crippen LogP contribution in [0.5, 0.6) is 5.75 Å². The molecule has 0 aliphatic heterocycles. The summed E-state index contributed by atoms with van der Waals surface area (Å²) in [5.41, 5.74) is -5.45. The van der Waals surface area contributed by atoms with Crippen molar-refractivity contribution in [2.45, 2.75) is 24.1 Å². The molecule has 1 heterocycles. The third-order valence-electron chi connectivity index (χ3n) is 5.04. The molecule has 2 aromatic carbocycles. The van der Waals surface area contributed by atoms with E-state index in [2.05, 4.69) is 0 Å². The van der Waals surface area contributed by atoms with Crippen LogP contribution in [-0.2, 0) is 12.6 Å². The molecule has 0 radical (unpaired) electrons. The van der Waals surface area contributed by atoms with Gasteiger partial charge in [0, 0.05) is 18.0 Å². The molecule has 28 heavy (non-hydrogen) atoms. The van der Waals surface area contributed by atoms with Crippen LogP contribution in [0.1, 0.15) is 24.0 Å². The van der Waals surface area contributed by atoms with Gasteiger partial charge in [-0.15, -0.1) is 0 Å². The van der Waals surface area contributed by atoms with Crippen molar-refractivity contribution in [3.05, 3.63) is 63.1 Å². The highest BCUT2D eigenvalue weighted by Crippen LogP contribution is 2.52. The molecular weight excluding hydrogens is 411 g/mol. The quantitative estimate of drug-likeness (QED) is 0.616. The van der Waals surface area contributed by atoms with Crippen molar-refractivity contribution in [2.24, 2.45) is 7.05 Å². The minimum atomic E-state index is -3.61. The lowest BCUT2D eigenvalue weighted by molar-refractivity contribution is -0.141. The van der Waals surface area contributed by atoms with Gasteiger partial charge in [-0.3, -0.25) is 4.57 Å². The molecule has 1 aromatic heterocycles. The molecule has 0 saturated carbocycles. The highest BCUT2D eigenvalue weighted by Gasteiger charge is 2.55. The van der Waals surface area contributed by atoms with Gasteiger partial charge in [0.25, 0.3) is 5.66 Å². The highest BCUT2D eigenvalue weighted by molar-refractivity contribution is 7.18. The molecule has 1 unspecified atom stereocenters. The number of aryl methyl sites for hydroxylation is 1. The van der Waals surface area contributed by atoms with Crippen LogP contribution in [0.2, 0.25) is 5.02 Å². The highest BCUT2D eigenvalue weighted by atomic mass is 35.5. The first-order valence-corrected chi connectivity index (χ1v) is 9.28. The van der Waals surface area contributed by atoms with Crippen LogP contribution in [0, 0.1) is 0 Å². The van der Waals surface area contributed by atoms with Gasteiger partial charge in [-0.05, 0) is 35.4 Å². The van der Waals surface area contributed by atoms with Gasteiger partial charge in [0.15, 0.2) is 11.2 Å². The Balaban J connectivity index is 2.21. The first-order valence-electron chi connectivity index (χ1n) is 8.33. The first-order chi connectivity index (χ1) is 13.0. The van der Waals surface area contributed by atoms with Crippen molar-refractivity contribution >= 4 is 31.9 Å². The van der Waals surface area contributed by atoms with E-state index in [1.165, 1.54) is 59.2 Å². The van der Waals surface area contributed by atoms with Gasteiger partial charge in [-0.2, -0.15) is 8.78 Å². The largest absolute Gasteiger partial charge is 0.497 e. The maximum atomic E-state index is 14.7. The topological polar surface area (TPSA) is 64.6 Å². The third-order valence-corrected chi connectivity index (χ3v) is 5.81. The first kappa shape index (κ1) is 20.8. The van der Waals surface area contributed by atoms with Crippen LogP contribution in [0.25, 0.3) is 11.1 Å². The Morgan fingerprint density at radius 1 is 1.29 bits per heavy atom. The summed E-state index contributed by atoms with van der Waals surface area (Å²) in [7, 11) is 4.32. The molecule has 0 aliphatic rings. The van der Waals surface area contributed by atoms with Crippen LogP contribution in [0.15, 0.2) is 45.6 Å². The molecule has 150 valence electrons. The summed E-state index contributed by atoms with van der Waals surface area (Å²) in [5.74, 6) is -1.25. The van der Waals surface area contributed by atoms with Gasteiger partial charge in [-0.25, -0.2) is 4.79 Å². The number of oxazole rings is 1. The standard InChI is InChI=1S/C19H19ClF2NO4P/c1-10(13-6-5-12(26-3)9-14(13)20)18(25,19(21,22)28)11-4-7-16-15(8-11)23(2)17(24)27-16/h4-10,25H,28H2,1-3H3/t10-,18-/m1/s1. The molecule has 0 spiro atoms. The zero-order chi connectivity index (χ0) is 20.9. The lowest BCUT2D eigenvalue weighted by Gasteiger charge is -2.39. The molecule has 3 rings (SSSR count). The molecule has 1 N–H and O–H groups in total. The number of nitrogens with zero attached hydrogens (tertiary/aromatic N) is 1. The fourth-order valence-corrected chi connectivity index (χ4v) is 4.06. The Labute approximate surface area is 167 Å². The van der Waals surface area contributed by atoms with Crippen molar-refractivity contribution in [3.8, 4) is 5.75 Å². The zero-order valence-electron chi connectivity index (χ0n) is 15.4. The Morgan fingerprint density at radius 2 is 1.96 bits per heavy atom. The number of rotatable bonds is 5. The van der Waals surface area contributed by atoms with Crippen LogP contribution in [0.3, 0.4) is 0 Å². The van der Waals surface area contributed by atoms with E-state index in [1.54, 1.807) is 12.1 Å². The third kappa shape index (κ3) is 3.21. The van der Waals surface area contributed by atoms with Gasteiger partial charge < -0.3 is 14.3 Å². The molecule has 3 aromatic rings. The maximum Gasteiger partial charge on any atom is 0.419 e. The van der Waals surface area contributed by atoms with Crippen molar-refractivity contribution in [1.29, 1.82) is 0 Å². The van der Waals surface area contributed by atoms with E-state index in [4.69, 9.17) is 20.8 Å². The average molecular weight is 430 g/mol. The molecule has 9 heteroatoms. The van der Waals surface area contributed by atoms with Crippen molar-refractivity contribution in [2.75, 3.05) is 7.11 Å². The van der Waals surface area contributed by atoms with E-state index in [-0.39, 0.29) is 16.2 Å². The second-order valence-electron chi connectivity index (χ2n) is 6.61. The second kappa shape index (κ2) is 7.14. The van der Waals surface area contributed by atoms with E-state index in [0.29, 0.717) is 16.8 Å². The summed E-state index contributed by atoms with van der Waals surface area (Å²) in [4.78, 5) is 11.7. The van der Waals surface area contributed by atoms with E-state index in [1.807, 2.05) is 0 Å². The lowest BCUT2D eigenvalue weighted by Crippen LogP contribution is -2.45. The Bertz CT molecular complexity index is 1090. The van der Waals surface area contributed by atoms with Crippen LogP contribution >= 0.6 is 20.8 Å². The molecule has 0 amide bonds. The van der Waals surface area contributed by atoms with Crippen LogP contribution < -0.4 is 10.5 Å². The number of benzene rings is 2. The number of hydrogen-bond acceptors (Lipinski definition) is 4. The van der Waals surface area contributed by atoms with Gasteiger partial charge >= 0.3 is 5.76 Å². The maximum absolute atomic E-state index is 14.7. The van der Waals surface area contributed by atoms with E-state index < -0.39 is 22.9 Å². The number of fused-ring (bicyclic) bond motifs is 1. The van der Waals surface area contributed by atoms with Gasteiger partial charge in [0.2, 0.25) is 0 Å². The Kier molecular flexibility index (Phi) is 5.30. The lowest BCUT2D eigenvalue weighted by atomic mass is 9.78.